The van der Waals surface area contributed by atoms with Gasteiger partial charge in [0.1, 0.15) is 11.6 Å². The molecule has 0 saturated carbocycles. The minimum Gasteiger partial charge on any atom is -0.492 e. The molecule has 0 aromatic heterocycles. The van der Waals surface area contributed by atoms with E-state index in [9.17, 15) is 13.2 Å². The highest BCUT2D eigenvalue weighted by Gasteiger charge is 2.28. The number of benzene rings is 3. The number of sulfonamides is 1. The number of ether oxygens (including phenoxy) is 1. The summed E-state index contributed by atoms with van der Waals surface area (Å²) in [5.74, 6) is 0.511. The van der Waals surface area contributed by atoms with Gasteiger partial charge in [-0.1, -0.05) is 48.0 Å². The Morgan fingerprint density at radius 1 is 1.18 bits per heavy atom. The van der Waals surface area contributed by atoms with Crippen LogP contribution in [-0.4, -0.2) is 44.8 Å². The highest BCUT2D eigenvalue weighted by atomic mass is 32.2. The Hall–Kier alpha value is -3.39. The van der Waals surface area contributed by atoms with E-state index in [0.29, 0.717) is 30.0 Å². The number of hydrogen-bond acceptors (Lipinski definition) is 5. The van der Waals surface area contributed by atoms with Gasteiger partial charge in [0.25, 0.3) is 15.9 Å². The van der Waals surface area contributed by atoms with Crippen LogP contribution in [0.1, 0.15) is 39.9 Å². The maximum Gasteiger partial charge on any atom is 0.259 e. The van der Waals surface area contributed by atoms with Gasteiger partial charge in [0.05, 0.1) is 17.9 Å². The molecule has 0 spiro atoms. The highest BCUT2D eigenvalue weighted by molar-refractivity contribution is 7.89. The lowest BCUT2D eigenvalue weighted by Crippen LogP contribution is -2.41. The lowest BCUT2D eigenvalue weighted by Gasteiger charge is -2.33. The largest absolute Gasteiger partial charge is 0.492 e. The van der Waals surface area contributed by atoms with E-state index < -0.39 is 10.0 Å². The molecule has 0 bridgehead atoms. The lowest BCUT2D eigenvalue weighted by molar-refractivity contribution is 0.0635. The number of piperidine rings is 1. The average molecular weight is 478 g/mol. The first-order valence-electron chi connectivity index (χ1n) is 11.4. The van der Waals surface area contributed by atoms with E-state index in [0.717, 1.165) is 41.3 Å². The van der Waals surface area contributed by atoms with Crippen molar-refractivity contribution in [1.29, 1.82) is 0 Å². The molecule has 1 fully saturated rings. The molecule has 7 nitrogen and oxygen atoms in total. The van der Waals surface area contributed by atoms with Crippen LogP contribution in [0.4, 0.5) is 0 Å². The predicted molar refractivity (Wildman–Crippen MR) is 133 cm³/mol. The fourth-order valence-corrected chi connectivity index (χ4v) is 5.96. The Balaban J connectivity index is 1.31. The van der Waals surface area contributed by atoms with Gasteiger partial charge in [0.2, 0.25) is 0 Å². The van der Waals surface area contributed by atoms with Crippen molar-refractivity contribution in [3.63, 3.8) is 0 Å². The van der Waals surface area contributed by atoms with Crippen molar-refractivity contribution in [3.8, 4) is 5.75 Å². The lowest BCUT2D eigenvalue weighted by atomic mass is 9.96. The molecular formula is C26H27N3O4S. The van der Waals surface area contributed by atoms with E-state index in [1.165, 1.54) is 0 Å². The molecule has 0 aliphatic carbocycles. The molecule has 1 atom stereocenters. The van der Waals surface area contributed by atoms with E-state index in [1.54, 1.807) is 18.2 Å². The quantitative estimate of drug-likeness (QED) is 0.618. The number of carbonyl (C=O) groups is 1. The first-order valence-corrected chi connectivity index (χ1v) is 13.0. The second-order valence-corrected chi connectivity index (χ2v) is 10.7. The van der Waals surface area contributed by atoms with Crippen molar-refractivity contribution < 1.29 is 17.9 Å². The van der Waals surface area contributed by atoms with E-state index in [2.05, 4.69) is 22.6 Å². The summed E-state index contributed by atoms with van der Waals surface area (Å²) in [6.45, 7) is 3.77. The Kier molecular flexibility index (Phi) is 5.77. The molecule has 1 saturated heterocycles. The van der Waals surface area contributed by atoms with Gasteiger partial charge in [-0.25, -0.2) is 8.42 Å². The minimum absolute atomic E-state index is 0.0384. The maximum absolute atomic E-state index is 13.4. The van der Waals surface area contributed by atoms with Crippen LogP contribution in [0.15, 0.2) is 59.0 Å². The normalized spacial score (nSPS) is 19.4. The van der Waals surface area contributed by atoms with Crippen molar-refractivity contribution in [3.05, 3.63) is 76.9 Å². The summed E-state index contributed by atoms with van der Waals surface area (Å²) in [6.07, 6.45) is 1.85. The highest BCUT2D eigenvalue weighted by Crippen LogP contribution is 2.30. The van der Waals surface area contributed by atoms with Crippen LogP contribution in [0.25, 0.3) is 10.8 Å². The number of fused-ring (bicyclic) bond motifs is 2. The van der Waals surface area contributed by atoms with Gasteiger partial charge < -0.3 is 15.4 Å². The molecule has 8 heteroatoms. The predicted octanol–water partition coefficient (Wildman–Crippen LogP) is 3.63. The number of rotatable bonds is 4. The standard InChI is InChI=1S/C26H27N3O4S/c1-17-10-11-19-6-2-8-21(22(19)13-17)26(30)29-12-4-5-18(14-29)15-33-23-9-3-7-20-16-34(31,32)28-25(27)24(20)23/h2-3,6-11,13,18H,4-5,12,14-16H2,1H3,(H2,27,28)/t18-/m0/s1. The summed E-state index contributed by atoms with van der Waals surface area (Å²) in [5.41, 5.74) is 8.95. The first-order chi connectivity index (χ1) is 16.3. The number of nitrogens with zero attached hydrogens (tertiary/aromatic N) is 2. The molecule has 0 unspecified atom stereocenters. The van der Waals surface area contributed by atoms with Crippen LogP contribution >= 0.6 is 0 Å². The number of carbonyl (C=O) groups excluding carboxylic acids is 1. The number of likely N-dealkylation sites (tertiary alicyclic amines) is 1. The van der Waals surface area contributed by atoms with E-state index in [4.69, 9.17) is 10.5 Å². The van der Waals surface area contributed by atoms with Crippen molar-refractivity contribution in [2.24, 2.45) is 16.0 Å². The zero-order valence-corrected chi connectivity index (χ0v) is 19.8. The summed E-state index contributed by atoms with van der Waals surface area (Å²) in [6, 6.07) is 17.3. The minimum atomic E-state index is -3.60. The molecule has 34 heavy (non-hydrogen) atoms. The summed E-state index contributed by atoms with van der Waals surface area (Å²) in [5, 5.41) is 2.04. The SMILES string of the molecule is Cc1ccc2cccc(C(=O)N3CCC[C@H](COc4cccc5c4C(N)=NS(=O)(=O)C5)C3)c2c1. The molecule has 5 rings (SSSR count). The fraction of sp³-hybridized carbons (Fsp3) is 0.308. The Labute approximate surface area is 199 Å². The topological polar surface area (TPSA) is 102 Å². The molecule has 0 radical (unpaired) electrons. The van der Waals surface area contributed by atoms with E-state index in [-0.39, 0.29) is 23.4 Å². The van der Waals surface area contributed by atoms with Gasteiger partial charge in [0, 0.05) is 24.6 Å². The van der Waals surface area contributed by atoms with Crippen LogP contribution in [0.5, 0.6) is 5.75 Å². The Morgan fingerprint density at radius 2 is 2.00 bits per heavy atom. The van der Waals surface area contributed by atoms with Gasteiger partial charge in [-0.15, -0.1) is 4.40 Å². The van der Waals surface area contributed by atoms with E-state index >= 15 is 0 Å². The number of amides is 1. The smallest absolute Gasteiger partial charge is 0.259 e. The second kappa shape index (κ2) is 8.76. The van der Waals surface area contributed by atoms with Crippen LogP contribution in [0.2, 0.25) is 0 Å². The van der Waals surface area contributed by atoms with Crippen LogP contribution in [-0.2, 0) is 15.8 Å². The molecule has 2 aliphatic rings. The van der Waals surface area contributed by atoms with Crippen LogP contribution in [0, 0.1) is 12.8 Å². The first kappa shape index (κ1) is 22.4. The Morgan fingerprint density at radius 3 is 2.85 bits per heavy atom. The third kappa shape index (κ3) is 4.37. The van der Waals surface area contributed by atoms with Gasteiger partial charge in [-0.3, -0.25) is 4.79 Å². The molecule has 1 amide bonds. The molecule has 3 aromatic rings. The number of hydrogen-bond donors (Lipinski definition) is 1. The zero-order valence-electron chi connectivity index (χ0n) is 19.0. The molecule has 2 heterocycles. The van der Waals surface area contributed by atoms with Crippen molar-refractivity contribution >= 4 is 32.5 Å². The average Bonchev–Trinajstić information content (AvgIpc) is 2.81. The zero-order chi connectivity index (χ0) is 23.9. The van der Waals surface area contributed by atoms with Crippen molar-refractivity contribution in [1.82, 2.24) is 4.90 Å². The van der Waals surface area contributed by atoms with Crippen LogP contribution in [0.3, 0.4) is 0 Å². The summed E-state index contributed by atoms with van der Waals surface area (Å²) in [4.78, 5) is 15.4. The molecule has 2 aliphatic heterocycles. The molecule has 2 N–H and O–H groups in total. The van der Waals surface area contributed by atoms with Gasteiger partial charge in [-0.2, -0.15) is 0 Å². The summed E-state index contributed by atoms with van der Waals surface area (Å²) < 4.78 is 33.6. The van der Waals surface area contributed by atoms with Crippen LogP contribution < -0.4 is 10.5 Å². The van der Waals surface area contributed by atoms with E-state index in [1.807, 2.05) is 30.0 Å². The fourth-order valence-electron chi connectivity index (χ4n) is 4.87. The number of nitrogens with two attached hydrogens (primary N) is 1. The molecular weight excluding hydrogens is 450 g/mol. The number of amidine groups is 1. The summed E-state index contributed by atoms with van der Waals surface area (Å²) >= 11 is 0. The monoisotopic (exact) mass is 477 g/mol. The third-order valence-electron chi connectivity index (χ3n) is 6.49. The Bertz CT molecular complexity index is 1410. The maximum atomic E-state index is 13.4. The summed E-state index contributed by atoms with van der Waals surface area (Å²) in [7, 11) is -3.60. The van der Waals surface area contributed by atoms with Gasteiger partial charge in [0.15, 0.2) is 0 Å². The van der Waals surface area contributed by atoms with Crippen molar-refractivity contribution in [2.75, 3.05) is 19.7 Å². The molecule has 3 aromatic carbocycles. The molecule has 176 valence electrons. The second-order valence-electron chi connectivity index (χ2n) is 9.09. The third-order valence-corrected chi connectivity index (χ3v) is 7.64. The van der Waals surface area contributed by atoms with Crippen molar-refractivity contribution in [2.45, 2.75) is 25.5 Å². The van der Waals surface area contributed by atoms with Gasteiger partial charge >= 0.3 is 0 Å². The number of aryl methyl sites for hydroxylation is 1. The van der Waals surface area contributed by atoms with Gasteiger partial charge in [-0.05, 0) is 48.2 Å².